The Bertz CT molecular complexity index is 969. The number of carbonyl (C=O) groups is 1. The number of oxazole rings is 1. The van der Waals surface area contributed by atoms with Crippen molar-refractivity contribution in [3.8, 4) is 0 Å². The topological polar surface area (TPSA) is 59.2 Å². The summed E-state index contributed by atoms with van der Waals surface area (Å²) in [6.07, 6.45) is 5.78. The Kier molecular flexibility index (Phi) is 4.94. The van der Waals surface area contributed by atoms with E-state index in [4.69, 9.17) is 16.0 Å². The lowest BCUT2D eigenvalue weighted by Crippen LogP contribution is -2.31. The summed E-state index contributed by atoms with van der Waals surface area (Å²) in [7, 11) is 0. The van der Waals surface area contributed by atoms with Gasteiger partial charge in [0.05, 0.1) is 6.20 Å². The molecule has 1 aliphatic heterocycles. The third-order valence-corrected chi connectivity index (χ3v) is 5.08. The number of halogens is 1. The van der Waals surface area contributed by atoms with E-state index in [1.54, 1.807) is 12.4 Å². The second kappa shape index (κ2) is 7.53. The highest BCUT2D eigenvalue weighted by Crippen LogP contribution is 2.33. The molecule has 1 fully saturated rings. The van der Waals surface area contributed by atoms with Gasteiger partial charge >= 0.3 is 0 Å². The van der Waals surface area contributed by atoms with E-state index in [1.165, 1.54) is 0 Å². The number of rotatable bonds is 4. The molecule has 6 heteroatoms. The number of hydrogen-bond donors (Lipinski definition) is 0. The van der Waals surface area contributed by atoms with E-state index >= 15 is 0 Å². The standard InChI is InChI=1S/C21H20ClN3O2/c1-14-5-3-9-23-19(14)21(26)25-10-4-8-18(25)20-24-13-17(27-20)12-15-6-2-7-16(22)11-15/h2-3,5-7,9,11,13,18H,4,8,10,12H2,1H3/t18-/m1/s1. The molecular formula is C21H20ClN3O2. The lowest BCUT2D eigenvalue weighted by molar-refractivity contribution is 0.0708. The fourth-order valence-corrected chi connectivity index (χ4v) is 3.73. The molecule has 3 aromatic rings. The molecule has 0 aliphatic carbocycles. The molecule has 27 heavy (non-hydrogen) atoms. The zero-order valence-electron chi connectivity index (χ0n) is 15.1. The molecule has 0 N–H and O–H groups in total. The minimum atomic E-state index is -0.146. The van der Waals surface area contributed by atoms with Crippen LogP contribution in [0.4, 0.5) is 0 Å². The average molecular weight is 382 g/mol. The van der Waals surface area contributed by atoms with Gasteiger partial charge in [-0.2, -0.15) is 0 Å². The number of aromatic nitrogens is 2. The highest BCUT2D eigenvalue weighted by molar-refractivity contribution is 6.30. The Morgan fingerprint density at radius 1 is 1.30 bits per heavy atom. The van der Waals surface area contributed by atoms with E-state index in [2.05, 4.69) is 9.97 Å². The first-order valence-corrected chi connectivity index (χ1v) is 9.41. The zero-order valence-corrected chi connectivity index (χ0v) is 15.8. The van der Waals surface area contributed by atoms with Crippen LogP contribution in [0.2, 0.25) is 5.02 Å². The number of amides is 1. The molecule has 2 aromatic heterocycles. The average Bonchev–Trinajstić information content (AvgIpc) is 3.30. The van der Waals surface area contributed by atoms with Gasteiger partial charge in [-0.05, 0) is 49.1 Å². The lowest BCUT2D eigenvalue weighted by Gasteiger charge is -2.22. The third kappa shape index (κ3) is 3.74. The first-order chi connectivity index (χ1) is 13.1. The molecule has 0 spiro atoms. The Hall–Kier alpha value is -2.66. The Morgan fingerprint density at radius 2 is 2.19 bits per heavy atom. The number of benzene rings is 1. The predicted octanol–water partition coefficient (Wildman–Crippen LogP) is 4.60. The molecule has 0 unspecified atom stereocenters. The van der Waals surface area contributed by atoms with Gasteiger partial charge in [0, 0.05) is 24.2 Å². The van der Waals surface area contributed by atoms with Gasteiger partial charge in [0.25, 0.3) is 5.91 Å². The molecule has 1 aliphatic rings. The summed E-state index contributed by atoms with van der Waals surface area (Å²) >= 11 is 6.05. The van der Waals surface area contributed by atoms with E-state index < -0.39 is 0 Å². The van der Waals surface area contributed by atoms with E-state index in [9.17, 15) is 4.79 Å². The van der Waals surface area contributed by atoms with Gasteiger partial charge in [-0.25, -0.2) is 4.98 Å². The van der Waals surface area contributed by atoms with Crippen LogP contribution >= 0.6 is 11.6 Å². The van der Waals surface area contributed by atoms with Crippen LogP contribution in [0.3, 0.4) is 0 Å². The second-order valence-corrected chi connectivity index (χ2v) is 7.23. The van der Waals surface area contributed by atoms with Crippen LogP contribution in [0.1, 0.15) is 52.1 Å². The second-order valence-electron chi connectivity index (χ2n) is 6.80. The van der Waals surface area contributed by atoms with Crippen LogP contribution < -0.4 is 0 Å². The molecule has 0 bridgehead atoms. The van der Waals surface area contributed by atoms with Gasteiger partial charge in [-0.1, -0.05) is 29.8 Å². The minimum absolute atomic E-state index is 0.0646. The van der Waals surface area contributed by atoms with Crippen molar-refractivity contribution in [1.29, 1.82) is 0 Å². The van der Waals surface area contributed by atoms with Crippen molar-refractivity contribution < 1.29 is 9.21 Å². The fourth-order valence-electron chi connectivity index (χ4n) is 3.52. The van der Waals surface area contributed by atoms with E-state index in [0.717, 1.165) is 29.7 Å². The molecule has 1 atom stereocenters. The molecule has 3 heterocycles. The molecular weight excluding hydrogens is 362 g/mol. The lowest BCUT2D eigenvalue weighted by atomic mass is 10.1. The van der Waals surface area contributed by atoms with Crippen LogP contribution in [0, 0.1) is 6.92 Å². The summed E-state index contributed by atoms with van der Waals surface area (Å²) in [5, 5.41) is 0.700. The normalized spacial score (nSPS) is 16.7. The van der Waals surface area contributed by atoms with Crippen molar-refractivity contribution in [3.63, 3.8) is 0 Å². The van der Waals surface area contributed by atoms with E-state index in [-0.39, 0.29) is 11.9 Å². The Morgan fingerprint density at radius 3 is 3.00 bits per heavy atom. The van der Waals surface area contributed by atoms with Crippen LogP contribution in [-0.4, -0.2) is 27.3 Å². The summed E-state index contributed by atoms with van der Waals surface area (Å²) in [4.78, 5) is 23.5. The van der Waals surface area contributed by atoms with Gasteiger partial charge in [-0.3, -0.25) is 9.78 Å². The zero-order chi connectivity index (χ0) is 18.8. The third-order valence-electron chi connectivity index (χ3n) is 4.85. The fraction of sp³-hybridized carbons (Fsp3) is 0.286. The van der Waals surface area contributed by atoms with Gasteiger partial charge in [0.1, 0.15) is 17.5 Å². The highest BCUT2D eigenvalue weighted by atomic mass is 35.5. The number of aryl methyl sites for hydroxylation is 1. The van der Waals surface area contributed by atoms with Crippen LogP contribution in [0.25, 0.3) is 0 Å². The number of likely N-dealkylation sites (tertiary alicyclic amines) is 1. The molecule has 138 valence electrons. The molecule has 1 amide bonds. The van der Waals surface area contributed by atoms with Gasteiger partial charge in [0.15, 0.2) is 0 Å². The van der Waals surface area contributed by atoms with E-state index in [1.807, 2.05) is 48.2 Å². The number of carbonyl (C=O) groups excluding carboxylic acids is 1. The molecule has 4 rings (SSSR count). The van der Waals surface area contributed by atoms with Crippen LogP contribution in [-0.2, 0) is 6.42 Å². The summed E-state index contributed by atoms with van der Waals surface area (Å²) in [5.74, 6) is 1.29. The summed E-state index contributed by atoms with van der Waals surface area (Å²) in [6, 6.07) is 11.3. The monoisotopic (exact) mass is 381 g/mol. The molecule has 1 aromatic carbocycles. The van der Waals surface area contributed by atoms with Crippen molar-refractivity contribution in [1.82, 2.24) is 14.9 Å². The van der Waals surface area contributed by atoms with Crippen molar-refractivity contribution in [2.75, 3.05) is 6.54 Å². The Labute approximate surface area is 163 Å². The number of pyridine rings is 1. The first kappa shape index (κ1) is 17.7. The Balaban J connectivity index is 1.53. The first-order valence-electron chi connectivity index (χ1n) is 9.03. The van der Waals surface area contributed by atoms with E-state index in [0.29, 0.717) is 29.6 Å². The molecule has 5 nitrogen and oxygen atoms in total. The van der Waals surface area contributed by atoms with Crippen molar-refractivity contribution in [2.24, 2.45) is 0 Å². The maximum absolute atomic E-state index is 13.0. The predicted molar refractivity (Wildman–Crippen MR) is 103 cm³/mol. The minimum Gasteiger partial charge on any atom is -0.443 e. The maximum atomic E-state index is 13.0. The number of nitrogens with zero attached hydrogens (tertiary/aromatic N) is 3. The van der Waals surface area contributed by atoms with Crippen LogP contribution in [0.15, 0.2) is 53.2 Å². The van der Waals surface area contributed by atoms with Gasteiger partial charge < -0.3 is 9.32 Å². The largest absolute Gasteiger partial charge is 0.443 e. The quantitative estimate of drug-likeness (QED) is 0.662. The summed E-state index contributed by atoms with van der Waals surface area (Å²) in [5.41, 5.74) is 2.44. The SMILES string of the molecule is Cc1cccnc1C(=O)N1CCC[C@@H]1c1ncc(Cc2cccc(Cl)c2)o1. The maximum Gasteiger partial charge on any atom is 0.273 e. The van der Waals surface area contributed by atoms with Gasteiger partial charge in [-0.15, -0.1) is 0 Å². The van der Waals surface area contributed by atoms with Gasteiger partial charge in [0.2, 0.25) is 5.89 Å². The molecule has 0 radical (unpaired) electrons. The van der Waals surface area contributed by atoms with Crippen molar-refractivity contribution >= 4 is 17.5 Å². The molecule has 0 saturated carbocycles. The van der Waals surface area contributed by atoms with Crippen molar-refractivity contribution in [3.05, 3.63) is 82.3 Å². The molecule has 1 saturated heterocycles. The highest BCUT2D eigenvalue weighted by Gasteiger charge is 2.34. The van der Waals surface area contributed by atoms with Crippen molar-refractivity contribution in [2.45, 2.75) is 32.2 Å². The van der Waals surface area contributed by atoms with Crippen LogP contribution in [0.5, 0.6) is 0 Å². The summed E-state index contributed by atoms with van der Waals surface area (Å²) < 4.78 is 5.99. The number of hydrogen-bond acceptors (Lipinski definition) is 4. The summed E-state index contributed by atoms with van der Waals surface area (Å²) in [6.45, 7) is 2.59. The smallest absolute Gasteiger partial charge is 0.273 e.